The summed E-state index contributed by atoms with van der Waals surface area (Å²) in [5.41, 5.74) is 8.13. The molecule has 1 aliphatic heterocycles. The van der Waals surface area contributed by atoms with Gasteiger partial charge in [-0.1, -0.05) is 23.7 Å². The van der Waals surface area contributed by atoms with Gasteiger partial charge in [-0.3, -0.25) is 4.79 Å². The summed E-state index contributed by atoms with van der Waals surface area (Å²) in [6.45, 7) is 10.1. The second-order valence-corrected chi connectivity index (χ2v) is 10.7. The molecule has 0 radical (unpaired) electrons. The second-order valence-electron chi connectivity index (χ2n) is 10.3. The van der Waals surface area contributed by atoms with E-state index in [1.807, 2.05) is 24.3 Å². The third-order valence-corrected chi connectivity index (χ3v) is 7.84. The van der Waals surface area contributed by atoms with Crippen molar-refractivity contribution >= 4 is 34.2 Å². The number of halogens is 1. The van der Waals surface area contributed by atoms with Crippen molar-refractivity contribution in [2.75, 3.05) is 25.0 Å². The Labute approximate surface area is 224 Å². The van der Waals surface area contributed by atoms with Gasteiger partial charge in [0.25, 0.3) is 0 Å². The molecule has 192 valence electrons. The number of piperidine rings is 1. The van der Waals surface area contributed by atoms with Crippen molar-refractivity contribution in [3.8, 4) is 11.4 Å². The molecule has 1 aliphatic rings. The van der Waals surface area contributed by atoms with Crippen LogP contribution in [0.3, 0.4) is 0 Å². The van der Waals surface area contributed by atoms with Gasteiger partial charge in [0, 0.05) is 29.7 Å². The Morgan fingerprint density at radius 2 is 1.73 bits per heavy atom. The fourth-order valence-electron chi connectivity index (χ4n) is 5.44. The summed E-state index contributed by atoms with van der Waals surface area (Å²) in [7, 11) is 0. The number of aromatic nitrogens is 2. The molecule has 0 aliphatic carbocycles. The first-order valence-corrected chi connectivity index (χ1v) is 13.6. The quantitative estimate of drug-likeness (QED) is 0.283. The summed E-state index contributed by atoms with van der Waals surface area (Å²) in [6, 6.07) is 20.8. The van der Waals surface area contributed by atoms with Crippen molar-refractivity contribution < 1.29 is 4.79 Å². The molecule has 6 heteroatoms. The Kier molecular flexibility index (Phi) is 7.63. The molecule has 4 aromatic rings. The van der Waals surface area contributed by atoms with Crippen molar-refractivity contribution in [3.05, 3.63) is 82.4 Å². The predicted octanol–water partition coefficient (Wildman–Crippen LogP) is 7.20. The maximum absolute atomic E-state index is 11.4. The third-order valence-electron chi connectivity index (χ3n) is 7.59. The fraction of sp³-hybridized carbons (Fsp3) is 0.355. The lowest BCUT2D eigenvalue weighted by Gasteiger charge is -2.32. The number of fused-ring (bicyclic) bond motifs is 1. The molecule has 37 heavy (non-hydrogen) atoms. The molecule has 1 saturated heterocycles. The summed E-state index contributed by atoms with van der Waals surface area (Å²) in [6.07, 6.45) is 3.36. The first-order valence-electron chi connectivity index (χ1n) is 13.2. The van der Waals surface area contributed by atoms with Crippen LogP contribution in [0.4, 0.5) is 5.69 Å². The van der Waals surface area contributed by atoms with E-state index in [9.17, 15) is 4.79 Å². The molecule has 0 saturated carbocycles. The van der Waals surface area contributed by atoms with Crippen molar-refractivity contribution in [3.63, 3.8) is 0 Å². The van der Waals surface area contributed by atoms with Crippen LogP contribution in [0, 0.1) is 13.8 Å². The number of carbonyl (C=O) groups is 1. The lowest BCUT2D eigenvalue weighted by atomic mass is 9.89. The first kappa shape index (κ1) is 25.5. The molecule has 1 fully saturated rings. The topological polar surface area (TPSA) is 50.2 Å². The largest absolute Gasteiger partial charge is 0.326 e. The van der Waals surface area contributed by atoms with Gasteiger partial charge in [0.1, 0.15) is 5.82 Å². The first-order chi connectivity index (χ1) is 17.9. The smallest absolute Gasteiger partial charge is 0.221 e. The Morgan fingerprint density at radius 3 is 2.46 bits per heavy atom. The molecule has 0 spiro atoms. The Hall–Kier alpha value is -3.15. The van der Waals surface area contributed by atoms with Crippen LogP contribution in [-0.2, 0) is 11.3 Å². The van der Waals surface area contributed by atoms with Crippen LogP contribution in [0.25, 0.3) is 22.4 Å². The van der Waals surface area contributed by atoms with E-state index in [-0.39, 0.29) is 5.91 Å². The van der Waals surface area contributed by atoms with Crippen LogP contribution in [0.15, 0.2) is 60.7 Å². The number of nitrogens with one attached hydrogen (secondary N) is 1. The van der Waals surface area contributed by atoms with Gasteiger partial charge in [-0.05, 0) is 124 Å². The highest BCUT2D eigenvalue weighted by Gasteiger charge is 2.21. The lowest BCUT2D eigenvalue weighted by Crippen LogP contribution is -2.34. The molecule has 5 nitrogen and oxygen atoms in total. The average Bonchev–Trinajstić information content (AvgIpc) is 3.22. The Morgan fingerprint density at radius 1 is 1.00 bits per heavy atom. The number of aryl methyl sites for hydroxylation is 3. The van der Waals surface area contributed by atoms with E-state index in [1.165, 1.54) is 22.2 Å². The van der Waals surface area contributed by atoms with Gasteiger partial charge >= 0.3 is 0 Å². The van der Waals surface area contributed by atoms with Gasteiger partial charge in [-0.15, -0.1) is 0 Å². The van der Waals surface area contributed by atoms with E-state index in [0.717, 1.165) is 73.1 Å². The number of likely N-dealkylation sites (tertiary alicyclic amines) is 1. The fourth-order valence-corrected chi connectivity index (χ4v) is 5.57. The van der Waals surface area contributed by atoms with E-state index >= 15 is 0 Å². The van der Waals surface area contributed by atoms with Gasteiger partial charge in [-0.2, -0.15) is 0 Å². The third kappa shape index (κ3) is 5.89. The number of benzene rings is 3. The molecule has 1 aromatic heterocycles. The van der Waals surface area contributed by atoms with E-state index < -0.39 is 0 Å². The highest BCUT2D eigenvalue weighted by molar-refractivity contribution is 6.30. The van der Waals surface area contributed by atoms with Crippen molar-refractivity contribution in [2.24, 2.45) is 0 Å². The number of nitrogens with zero attached hydrogens (tertiary/aromatic N) is 3. The van der Waals surface area contributed by atoms with Crippen LogP contribution in [0.2, 0.25) is 5.02 Å². The standard InChI is InChI=1S/C31H35ClN4O/c1-21-18-29-30(19-22(21)2)36(31(34-29)25-8-10-27(32)11-9-25)15-5-14-35-16-12-24(13-17-35)26-6-4-7-28(20-26)33-23(3)37/h4,6-11,18-20,24H,5,12-17H2,1-3H3,(H,33,37). The van der Waals surface area contributed by atoms with Gasteiger partial charge in [0.05, 0.1) is 11.0 Å². The van der Waals surface area contributed by atoms with Gasteiger partial charge < -0.3 is 14.8 Å². The molecule has 3 aromatic carbocycles. The van der Waals surface area contributed by atoms with Crippen LogP contribution < -0.4 is 5.32 Å². The minimum Gasteiger partial charge on any atom is -0.326 e. The SMILES string of the molecule is CC(=O)Nc1cccc(C2CCN(CCCn3c(-c4ccc(Cl)cc4)nc4cc(C)c(C)cc43)CC2)c1. The number of anilines is 1. The minimum atomic E-state index is -0.0258. The summed E-state index contributed by atoms with van der Waals surface area (Å²) >= 11 is 6.16. The number of hydrogen-bond donors (Lipinski definition) is 1. The monoisotopic (exact) mass is 514 g/mol. The molecule has 0 bridgehead atoms. The number of hydrogen-bond acceptors (Lipinski definition) is 3. The number of rotatable bonds is 7. The summed E-state index contributed by atoms with van der Waals surface area (Å²) in [5.74, 6) is 1.53. The zero-order valence-electron chi connectivity index (χ0n) is 21.9. The molecule has 0 unspecified atom stereocenters. The average molecular weight is 515 g/mol. The van der Waals surface area contributed by atoms with Crippen LogP contribution in [0.1, 0.15) is 48.8 Å². The van der Waals surface area contributed by atoms with Gasteiger partial charge in [0.2, 0.25) is 5.91 Å². The Bertz CT molecular complexity index is 1400. The summed E-state index contributed by atoms with van der Waals surface area (Å²) < 4.78 is 2.38. The number of imidazole rings is 1. The van der Waals surface area contributed by atoms with E-state index in [0.29, 0.717) is 5.92 Å². The predicted molar refractivity (Wildman–Crippen MR) is 153 cm³/mol. The van der Waals surface area contributed by atoms with Crippen LogP contribution >= 0.6 is 11.6 Å². The van der Waals surface area contributed by atoms with Crippen LogP contribution in [-0.4, -0.2) is 40.0 Å². The molecule has 2 heterocycles. The number of carbonyl (C=O) groups excluding carboxylic acids is 1. The summed E-state index contributed by atoms with van der Waals surface area (Å²) in [4.78, 5) is 19.0. The van der Waals surface area contributed by atoms with Crippen molar-refractivity contribution in [1.29, 1.82) is 0 Å². The summed E-state index contributed by atoms with van der Waals surface area (Å²) in [5, 5.41) is 3.65. The number of amides is 1. The highest BCUT2D eigenvalue weighted by atomic mass is 35.5. The van der Waals surface area contributed by atoms with Gasteiger partial charge in [0.15, 0.2) is 0 Å². The molecule has 0 atom stereocenters. The lowest BCUT2D eigenvalue weighted by molar-refractivity contribution is -0.114. The second kappa shape index (κ2) is 11.1. The maximum Gasteiger partial charge on any atom is 0.221 e. The molecular weight excluding hydrogens is 480 g/mol. The van der Waals surface area contributed by atoms with E-state index in [1.54, 1.807) is 6.92 Å². The van der Waals surface area contributed by atoms with Crippen molar-refractivity contribution in [1.82, 2.24) is 14.5 Å². The minimum absolute atomic E-state index is 0.0258. The van der Waals surface area contributed by atoms with E-state index in [2.05, 4.69) is 65.0 Å². The zero-order chi connectivity index (χ0) is 25.9. The normalized spacial score (nSPS) is 14.8. The van der Waals surface area contributed by atoms with Crippen LogP contribution in [0.5, 0.6) is 0 Å². The molecular formula is C31H35ClN4O. The van der Waals surface area contributed by atoms with Crippen molar-refractivity contribution in [2.45, 2.75) is 52.5 Å². The molecule has 1 amide bonds. The maximum atomic E-state index is 11.4. The Balaban J connectivity index is 1.25. The molecule has 1 N–H and O–H groups in total. The van der Waals surface area contributed by atoms with Gasteiger partial charge in [-0.25, -0.2) is 4.98 Å². The highest BCUT2D eigenvalue weighted by Crippen LogP contribution is 2.31. The molecule has 5 rings (SSSR count). The zero-order valence-corrected chi connectivity index (χ0v) is 22.7. The van der Waals surface area contributed by atoms with E-state index in [4.69, 9.17) is 16.6 Å².